The third-order valence-corrected chi connectivity index (χ3v) is 2.66. The number of benzene rings is 1. The van der Waals surface area contributed by atoms with Crippen LogP contribution in [0.4, 0.5) is 10.2 Å². The molecule has 0 saturated heterocycles. The number of nitrogens with zero attached hydrogens (tertiary/aromatic N) is 2. The molecule has 2 N–H and O–H groups in total. The monoisotopic (exact) mass is 275 g/mol. The van der Waals surface area contributed by atoms with Gasteiger partial charge in [0, 0.05) is 19.0 Å². The first-order chi connectivity index (χ1) is 9.60. The van der Waals surface area contributed by atoms with Gasteiger partial charge in [0.15, 0.2) is 5.69 Å². The van der Waals surface area contributed by atoms with Crippen LogP contribution in [0.5, 0.6) is 0 Å². The van der Waals surface area contributed by atoms with Gasteiger partial charge in [-0.2, -0.15) is 0 Å². The van der Waals surface area contributed by atoms with Gasteiger partial charge in [0.1, 0.15) is 17.5 Å². The summed E-state index contributed by atoms with van der Waals surface area (Å²) >= 11 is 0. The molecule has 5 nitrogen and oxygen atoms in total. The minimum Gasteiger partial charge on any atom is -0.477 e. The van der Waals surface area contributed by atoms with Crippen LogP contribution in [0.25, 0.3) is 0 Å². The Morgan fingerprint density at radius 3 is 2.75 bits per heavy atom. The van der Waals surface area contributed by atoms with Crippen LogP contribution in [0.15, 0.2) is 30.3 Å². The van der Waals surface area contributed by atoms with E-state index < -0.39 is 5.97 Å². The first kappa shape index (κ1) is 13.9. The summed E-state index contributed by atoms with van der Waals surface area (Å²) in [4.78, 5) is 19.2. The van der Waals surface area contributed by atoms with Crippen LogP contribution in [0.3, 0.4) is 0 Å². The lowest BCUT2D eigenvalue weighted by atomic mass is 10.1. The number of nitrogens with one attached hydrogen (secondary N) is 1. The van der Waals surface area contributed by atoms with E-state index in [1.54, 1.807) is 18.2 Å². The molecule has 0 spiro atoms. The quantitative estimate of drug-likeness (QED) is 0.876. The molecule has 0 amide bonds. The smallest absolute Gasteiger partial charge is 0.354 e. The first-order valence-corrected chi connectivity index (χ1v) is 6.18. The zero-order valence-corrected chi connectivity index (χ0v) is 10.9. The molecule has 0 saturated carbocycles. The predicted molar refractivity (Wildman–Crippen MR) is 72.4 cm³/mol. The Hall–Kier alpha value is -2.50. The standard InChI is InChI=1S/C14H14FN3O2/c1-2-16-12-8-11(14(19)20)17-13(18-12)7-9-5-3-4-6-10(9)15/h3-6,8H,2,7H2,1H3,(H,19,20)(H,16,17,18). The maximum Gasteiger partial charge on any atom is 0.354 e. The molecule has 0 radical (unpaired) electrons. The highest BCUT2D eigenvalue weighted by Gasteiger charge is 2.12. The van der Waals surface area contributed by atoms with Gasteiger partial charge in [0.2, 0.25) is 0 Å². The second kappa shape index (κ2) is 6.10. The van der Waals surface area contributed by atoms with Crippen molar-refractivity contribution in [1.82, 2.24) is 9.97 Å². The number of hydrogen-bond donors (Lipinski definition) is 2. The molecule has 0 fully saturated rings. The fraction of sp³-hybridized carbons (Fsp3) is 0.214. The Balaban J connectivity index is 2.35. The van der Waals surface area contributed by atoms with E-state index in [1.165, 1.54) is 12.1 Å². The summed E-state index contributed by atoms with van der Waals surface area (Å²) in [5.41, 5.74) is 0.319. The molecular formula is C14H14FN3O2. The SMILES string of the molecule is CCNc1cc(C(=O)O)nc(Cc2ccccc2F)n1. The normalized spacial score (nSPS) is 10.3. The summed E-state index contributed by atoms with van der Waals surface area (Å²) in [6.45, 7) is 2.48. The van der Waals surface area contributed by atoms with Gasteiger partial charge < -0.3 is 10.4 Å². The second-order valence-electron chi connectivity index (χ2n) is 4.16. The second-order valence-corrected chi connectivity index (χ2v) is 4.16. The van der Waals surface area contributed by atoms with Crippen LogP contribution < -0.4 is 5.32 Å². The van der Waals surface area contributed by atoms with E-state index in [0.29, 0.717) is 17.9 Å². The van der Waals surface area contributed by atoms with Gasteiger partial charge in [0.25, 0.3) is 0 Å². The Morgan fingerprint density at radius 1 is 1.35 bits per heavy atom. The van der Waals surface area contributed by atoms with Crippen molar-refractivity contribution in [2.24, 2.45) is 0 Å². The summed E-state index contributed by atoms with van der Waals surface area (Å²) in [7, 11) is 0. The van der Waals surface area contributed by atoms with E-state index in [0.717, 1.165) is 0 Å². The van der Waals surface area contributed by atoms with Crippen molar-refractivity contribution in [2.75, 3.05) is 11.9 Å². The van der Waals surface area contributed by atoms with Crippen LogP contribution >= 0.6 is 0 Å². The van der Waals surface area contributed by atoms with Crippen LogP contribution in [-0.2, 0) is 6.42 Å². The molecule has 0 bridgehead atoms. The zero-order chi connectivity index (χ0) is 14.5. The number of carboxylic acids is 1. The highest BCUT2D eigenvalue weighted by Crippen LogP contribution is 2.13. The molecule has 0 unspecified atom stereocenters. The van der Waals surface area contributed by atoms with Crippen molar-refractivity contribution >= 4 is 11.8 Å². The molecule has 0 aliphatic carbocycles. The van der Waals surface area contributed by atoms with Crippen molar-refractivity contribution in [3.8, 4) is 0 Å². The van der Waals surface area contributed by atoms with Crippen molar-refractivity contribution in [3.63, 3.8) is 0 Å². The van der Waals surface area contributed by atoms with E-state index >= 15 is 0 Å². The largest absolute Gasteiger partial charge is 0.477 e. The molecule has 104 valence electrons. The van der Waals surface area contributed by atoms with Crippen LogP contribution in [0.2, 0.25) is 0 Å². The third-order valence-electron chi connectivity index (χ3n) is 2.66. The number of carboxylic acid groups (broad SMARTS) is 1. The first-order valence-electron chi connectivity index (χ1n) is 6.18. The molecular weight excluding hydrogens is 261 g/mol. The number of carbonyl (C=O) groups is 1. The van der Waals surface area contributed by atoms with Crippen LogP contribution in [0, 0.1) is 5.82 Å². The van der Waals surface area contributed by atoms with E-state index in [9.17, 15) is 9.18 Å². The number of aromatic nitrogens is 2. The lowest BCUT2D eigenvalue weighted by molar-refractivity contribution is 0.0690. The van der Waals surface area contributed by atoms with Crippen molar-refractivity contribution < 1.29 is 14.3 Å². The van der Waals surface area contributed by atoms with E-state index in [-0.39, 0.29) is 23.8 Å². The third kappa shape index (κ3) is 3.28. The lowest BCUT2D eigenvalue weighted by Gasteiger charge is -2.07. The van der Waals surface area contributed by atoms with E-state index in [1.807, 2.05) is 6.92 Å². The Kier molecular flexibility index (Phi) is 4.24. The number of anilines is 1. The fourth-order valence-corrected chi connectivity index (χ4v) is 1.77. The lowest BCUT2D eigenvalue weighted by Crippen LogP contribution is -2.10. The highest BCUT2D eigenvalue weighted by atomic mass is 19.1. The molecule has 1 aromatic carbocycles. The summed E-state index contributed by atoms with van der Waals surface area (Å²) < 4.78 is 13.6. The van der Waals surface area contributed by atoms with Gasteiger partial charge in [-0.05, 0) is 18.6 Å². The zero-order valence-electron chi connectivity index (χ0n) is 10.9. The molecule has 0 atom stereocenters. The average molecular weight is 275 g/mol. The Bertz CT molecular complexity index is 632. The number of rotatable bonds is 5. The predicted octanol–water partition coefficient (Wildman–Crippen LogP) is 2.34. The van der Waals surface area contributed by atoms with E-state index in [4.69, 9.17) is 5.11 Å². The van der Waals surface area contributed by atoms with Crippen molar-refractivity contribution in [3.05, 3.63) is 53.2 Å². The molecule has 2 rings (SSSR count). The molecule has 1 aromatic heterocycles. The summed E-state index contributed by atoms with van der Waals surface area (Å²) in [6, 6.07) is 7.64. The van der Waals surface area contributed by atoms with Gasteiger partial charge in [-0.1, -0.05) is 18.2 Å². The molecule has 1 heterocycles. The number of aromatic carboxylic acids is 1. The van der Waals surface area contributed by atoms with Crippen LogP contribution in [-0.4, -0.2) is 27.6 Å². The number of hydrogen-bond acceptors (Lipinski definition) is 4. The van der Waals surface area contributed by atoms with E-state index in [2.05, 4.69) is 15.3 Å². The number of halogens is 1. The van der Waals surface area contributed by atoms with Gasteiger partial charge in [-0.25, -0.2) is 19.2 Å². The topological polar surface area (TPSA) is 75.1 Å². The van der Waals surface area contributed by atoms with Gasteiger partial charge in [-0.15, -0.1) is 0 Å². The van der Waals surface area contributed by atoms with Gasteiger partial charge >= 0.3 is 5.97 Å². The highest BCUT2D eigenvalue weighted by molar-refractivity contribution is 5.86. The van der Waals surface area contributed by atoms with Crippen molar-refractivity contribution in [1.29, 1.82) is 0 Å². The molecule has 0 aliphatic rings. The maximum absolute atomic E-state index is 13.6. The van der Waals surface area contributed by atoms with Gasteiger partial charge in [-0.3, -0.25) is 0 Å². The minimum atomic E-state index is -1.14. The Morgan fingerprint density at radius 2 is 2.10 bits per heavy atom. The average Bonchev–Trinajstić information content (AvgIpc) is 2.41. The van der Waals surface area contributed by atoms with Gasteiger partial charge in [0.05, 0.1) is 0 Å². The molecule has 6 heteroatoms. The summed E-state index contributed by atoms with van der Waals surface area (Å²) in [6.07, 6.45) is 0.145. The summed E-state index contributed by atoms with van der Waals surface area (Å²) in [5.74, 6) is -0.805. The molecule has 2 aromatic rings. The molecule has 20 heavy (non-hydrogen) atoms. The maximum atomic E-state index is 13.6. The fourth-order valence-electron chi connectivity index (χ4n) is 1.77. The summed E-state index contributed by atoms with van der Waals surface area (Å²) in [5, 5.41) is 12.0. The minimum absolute atomic E-state index is 0.109. The van der Waals surface area contributed by atoms with Crippen molar-refractivity contribution in [2.45, 2.75) is 13.3 Å². The van der Waals surface area contributed by atoms with Crippen LogP contribution in [0.1, 0.15) is 28.8 Å². The molecule has 0 aliphatic heterocycles. The Labute approximate surface area is 115 Å².